The molecule has 0 aliphatic carbocycles. The molecule has 0 aliphatic heterocycles. The molecule has 0 saturated heterocycles. The third-order valence-electron chi connectivity index (χ3n) is 10.7. The van der Waals surface area contributed by atoms with Gasteiger partial charge in [-0.3, -0.25) is 0 Å². The summed E-state index contributed by atoms with van der Waals surface area (Å²) in [6.07, 6.45) is 0. The predicted molar refractivity (Wildman–Crippen MR) is 227 cm³/mol. The van der Waals surface area contributed by atoms with E-state index in [0.29, 0.717) is 0 Å². The second-order valence-corrected chi connectivity index (χ2v) is 14.8. The van der Waals surface area contributed by atoms with Crippen molar-refractivity contribution in [3.05, 3.63) is 188 Å². The highest BCUT2D eigenvalue weighted by Crippen LogP contribution is 2.45. The zero-order valence-corrected chi connectivity index (χ0v) is 29.5. The monoisotopic (exact) mass is 693 g/mol. The van der Waals surface area contributed by atoms with Gasteiger partial charge in [0.15, 0.2) is 0 Å². The van der Waals surface area contributed by atoms with Gasteiger partial charge in [-0.25, -0.2) is 0 Å². The van der Waals surface area contributed by atoms with Gasteiger partial charge in [0.25, 0.3) is 0 Å². The van der Waals surface area contributed by atoms with Crippen LogP contribution in [0.5, 0.6) is 0 Å². The Morgan fingerprint density at radius 3 is 1.81 bits per heavy atom. The lowest BCUT2D eigenvalue weighted by molar-refractivity contribution is 0.669. The average molecular weight is 694 g/mol. The van der Waals surface area contributed by atoms with Crippen LogP contribution in [0.2, 0.25) is 0 Å². The van der Waals surface area contributed by atoms with E-state index in [1.807, 2.05) is 17.4 Å². The van der Waals surface area contributed by atoms with Crippen LogP contribution in [0.25, 0.3) is 85.9 Å². The molecule has 0 atom stereocenters. The number of hydrogen-bond donors (Lipinski definition) is 0. The van der Waals surface area contributed by atoms with E-state index in [0.717, 1.165) is 28.2 Å². The molecule has 0 radical (unpaired) electrons. The van der Waals surface area contributed by atoms with Gasteiger partial charge in [-0.2, -0.15) is 0 Å². The number of anilines is 3. The lowest BCUT2D eigenvalue weighted by Crippen LogP contribution is -2.10. The van der Waals surface area contributed by atoms with E-state index < -0.39 is 0 Å². The van der Waals surface area contributed by atoms with Gasteiger partial charge < -0.3 is 9.32 Å². The van der Waals surface area contributed by atoms with E-state index in [-0.39, 0.29) is 0 Å². The van der Waals surface area contributed by atoms with Crippen LogP contribution >= 0.6 is 11.3 Å². The zero-order valence-electron chi connectivity index (χ0n) is 28.7. The molecule has 0 bridgehead atoms. The van der Waals surface area contributed by atoms with E-state index in [1.54, 1.807) is 0 Å². The van der Waals surface area contributed by atoms with E-state index >= 15 is 0 Å². The van der Waals surface area contributed by atoms with Gasteiger partial charge >= 0.3 is 0 Å². The molecule has 0 saturated carbocycles. The summed E-state index contributed by atoms with van der Waals surface area (Å²) in [7, 11) is 0. The summed E-state index contributed by atoms with van der Waals surface area (Å²) in [5.74, 6) is 0. The molecule has 2 nitrogen and oxygen atoms in total. The molecule has 248 valence electrons. The predicted octanol–water partition coefficient (Wildman–Crippen LogP) is 15.1. The number of rotatable bonds is 5. The van der Waals surface area contributed by atoms with Crippen molar-refractivity contribution in [3.8, 4) is 22.3 Å². The summed E-state index contributed by atoms with van der Waals surface area (Å²) >= 11 is 1.87. The molecular weight excluding hydrogens is 663 g/mol. The summed E-state index contributed by atoms with van der Waals surface area (Å²) in [5, 5.41) is 9.92. The highest BCUT2D eigenvalue weighted by Gasteiger charge is 2.18. The van der Waals surface area contributed by atoms with Crippen molar-refractivity contribution >= 4 is 92.1 Å². The molecule has 2 aromatic heterocycles. The number of fused-ring (bicyclic) bond motifs is 10. The molecule has 11 aromatic rings. The molecule has 0 fully saturated rings. The van der Waals surface area contributed by atoms with Gasteiger partial charge in [-0.1, -0.05) is 133 Å². The maximum atomic E-state index is 6.30. The van der Waals surface area contributed by atoms with Crippen molar-refractivity contribution in [2.24, 2.45) is 0 Å². The number of thiophene rings is 1. The molecule has 2 heterocycles. The fraction of sp³-hybridized carbons (Fsp3) is 0. The van der Waals surface area contributed by atoms with Gasteiger partial charge in [0.05, 0.1) is 5.69 Å². The van der Waals surface area contributed by atoms with Crippen LogP contribution in [0.3, 0.4) is 0 Å². The van der Waals surface area contributed by atoms with Crippen molar-refractivity contribution in [2.75, 3.05) is 4.90 Å². The van der Waals surface area contributed by atoms with E-state index in [1.165, 1.54) is 74.7 Å². The number of benzene rings is 9. The number of nitrogens with zero attached hydrogens (tertiary/aromatic N) is 1. The quantitative estimate of drug-likeness (QED) is 0.178. The minimum Gasteiger partial charge on any atom is -0.456 e. The van der Waals surface area contributed by atoms with Gasteiger partial charge in [0.2, 0.25) is 0 Å². The van der Waals surface area contributed by atoms with Crippen molar-refractivity contribution in [3.63, 3.8) is 0 Å². The Labute approximate surface area is 310 Å². The fourth-order valence-corrected chi connectivity index (χ4v) is 9.30. The smallest absolute Gasteiger partial charge is 0.136 e. The summed E-state index contributed by atoms with van der Waals surface area (Å²) in [6, 6.07) is 67.9. The Balaban J connectivity index is 1.02. The maximum absolute atomic E-state index is 6.30. The highest BCUT2D eigenvalue weighted by molar-refractivity contribution is 7.26. The van der Waals surface area contributed by atoms with E-state index in [9.17, 15) is 0 Å². The summed E-state index contributed by atoms with van der Waals surface area (Å²) in [5.41, 5.74) is 10.1. The Morgan fingerprint density at radius 2 is 1.00 bits per heavy atom. The van der Waals surface area contributed by atoms with E-state index in [2.05, 4.69) is 187 Å². The normalized spacial score (nSPS) is 11.8. The Kier molecular flexibility index (Phi) is 6.76. The second-order valence-electron chi connectivity index (χ2n) is 13.7. The number of para-hydroxylation sites is 1. The van der Waals surface area contributed by atoms with Crippen LogP contribution in [0, 0.1) is 0 Å². The third-order valence-corrected chi connectivity index (χ3v) is 11.8. The maximum Gasteiger partial charge on any atom is 0.136 e. The van der Waals surface area contributed by atoms with Crippen LogP contribution in [0.1, 0.15) is 0 Å². The minimum atomic E-state index is 0.931. The van der Waals surface area contributed by atoms with Crippen molar-refractivity contribution < 1.29 is 4.42 Å². The van der Waals surface area contributed by atoms with Gasteiger partial charge in [-0.15, -0.1) is 11.3 Å². The first kappa shape index (κ1) is 30.0. The van der Waals surface area contributed by atoms with E-state index in [4.69, 9.17) is 4.42 Å². The lowest BCUT2D eigenvalue weighted by atomic mass is 9.97. The average Bonchev–Trinajstić information content (AvgIpc) is 3.80. The highest BCUT2D eigenvalue weighted by atomic mass is 32.1. The summed E-state index contributed by atoms with van der Waals surface area (Å²) in [6.45, 7) is 0. The first-order valence-electron chi connectivity index (χ1n) is 18.0. The lowest BCUT2D eigenvalue weighted by Gasteiger charge is -2.27. The topological polar surface area (TPSA) is 16.4 Å². The van der Waals surface area contributed by atoms with Crippen LogP contribution in [0.4, 0.5) is 17.1 Å². The zero-order chi connectivity index (χ0) is 34.9. The standard InChI is InChI=1S/C50H31NOS/c1-2-9-32(10-3-1)33-17-24-38(25-18-33)51(43-15-8-12-35-11-4-5-13-40(35)43)39-26-19-34(20-27-39)37-21-28-42-47(31-37)53-46-30-23-36-22-29-45-49(48(36)50(42)46)41-14-6-7-16-44(41)52-45/h1-31H. The Bertz CT molecular complexity index is 3150. The van der Waals surface area contributed by atoms with Gasteiger partial charge in [0, 0.05) is 53.1 Å². The fourth-order valence-electron chi connectivity index (χ4n) is 8.14. The Hall–Kier alpha value is -6.68. The molecule has 0 N–H and O–H groups in total. The molecule has 0 unspecified atom stereocenters. The molecular formula is C50H31NOS. The van der Waals surface area contributed by atoms with Crippen molar-refractivity contribution in [1.29, 1.82) is 0 Å². The van der Waals surface area contributed by atoms with Gasteiger partial charge in [0.1, 0.15) is 11.2 Å². The van der Waals surface area contributed by atoms with Crippen LogP contribution < -0.4 is 4.90 Å². The van der Waals surface area contributed by atoms with Crippen LogP contribution in [0.15, 0.2) is 192 Å². The molecule has 0 spiro atoms. The number of hydrogen-bond acceptors (Lipinski definition) is 3. The van der Waals surface area contributed by atoms with Crippen molar-refractivity contribution in [1.82, 2.24) is 0 Å². The molecule has 3 heteroatoms. The SMILES string of the molecule is c1ccc(-c2ccc(N(c3ccc(-c4ccc5c(c4)sc4ccc6ccc7oc8ccccc8c7c6c45)cc3)c3cccc4ccccc34)cc2)cc1. The largest absolute Gasteiger partial charge is 0.456 e. The first-order valence-corrected chi connectivity index (χ1v) is 18.8. The molecule has 0 aliphatic rings. The van der Waals surface area contributed by atoms with Crippen LogP contribution in [-0.2, 0) is 0 Å². The molecule has 0 amide bonds. The molecule has 11 rings (SSSR count). The minimum absolute atomic E-state index is 0.931. The first-order chi connectivity index (χ1) is 26.3. The summed E-state index contributed by atoms with van der Waals surface area (Å²) in [4.78, 5) is 2.38. The second kappa shape index (κ2) is 11.9. The van der Waals surface area contributed by atoms with Crippen LogP contribution in [-0.4, -0.2) is 0 Å². The summed E-state index contributed by atoms with van der Waals surface area (Å²) < 4.78 is 8.88. The Morgan fingerprint density at radius 1 is 0.358 bits per heavy atom. The van der Waals surface area contributed by atoms with Crippen molar-refractivity contribution in [2.45, 2.75) is 0 Å². The van der Waals surface area contributed by atoms with Gasteiger partial charge in [-0.05, 0) is 87.6 Å². The number of furan rings is 1. The third kappa shape index (κ3) is 4.86. The molecule has 53 heavy (non-hydrogen) atoms. The molecule has 9 aromatic carbocycles.